The molecular formula is C16H13N3O. The van der Waals surface area contributed by atoms with E-state index in [9.17, 15) is 4.79 Å². The quantitative estimate of drug-likeness (QED) is 0.690. The van der Waals surface area contributed by atoms with E-state index in [-0.39, 0.29) is 6.03 Å². The van der Waals surface area contributed by atoms with Crippen molar-refractivity contribution in [1.29, 1.82) is 0 Å². The van der Waals surface area contributed by atoms with Crippen molar-refractivity contribution < 1.29 is 4.79 Å². The van der Waals surface area contributed by atoms with Gasteiger partial charge in [0.2, 0.25) is 0 Å². The molecule has 2 heterocycles. The third kappa shape index (κ3) is 1.66. The van der Waals surface area contributed by atoms with Gasteiger partial charge in [-0.2, -0.15) is 0 Å². The first-order chi connectivity index (χ1) is 9.81. The second-order valence-electron chi connectivity index (χ2n) is 4.92. The number of carbonyl (C=O) groups is 1. The van der Waals surface area contributed by atoms with E-state index < -0.39 is 0 Å². The number of H-pyrrole nitrogens is 1. The summed E-state index contributed by atoms with van der Waals surface area (Å²) < 4.78 is 0. The normalized spacial score (nSPS) is 14.2. The summed E-state index contributed by atoms with van der Waals surface area (Å²) in [6.07, 6.45) is 0. The van der Waals surface area contributed by atoms with E-state index in [1.54, 1.807) is 4.90 Å². The minimum atomic E-state index is -0.102. The molecule has 3 aromatic rings. The van der Waals surface area contributed by atoms with Crippen molar-refractivity contribution in [1.82, 2.24) is 4.98 Å². The Hall–Kier alpha value is -2.75. The number of rotatable bonds is 1. The molecule has 1 aliphatic rings. The molecule has 2 aromatic carbocycles. The summed E-state index contributed by atoms with van der Waals surface area (Å²) in [5.41, 5.74) is 3.05. The Labute approximate surface area is 116 Å². The van der Waals surface area contributed by atoms with Crippen molar-refractivity contribution in [3.8, 4) is 0 Å². The fraction of sp³-hybridized carbons (Fsp3) is 0.0625. The highest BCUT2D eigenvalue weighted by molar-refractivity contribution is 6.05. The number of fused-ring (bicyclic) bond motifs is 2. The first-order valence-electron chi connectivity index (χ1n) is 6.55. The van der Waals surface area contributed by atoms with Crippen molar-refractivity contribution in [2.75, 3.05) is 10.2 Å². The third-order valence-electron chi connectivity index (χ3n) is 3.64. The average molecular weight is 263 g/mol. The average Bonchev–Trinajstić information content (AvgIpc) is 2.90. The van der Waals surface area contributed by atoms with Crippen LogP contribution in [-0.4, -0.2) is 11.0 Å². The van der Waals surface area contributed by atoms with Gasteiger partial charge in [-0.1, -0.05) is 36.4 Å². The second-order valence-corrected chi connectivity index (χ2v) is 4.92. The molecule has 0 fully saturated rings. The second kappa shape index (κ2) is 4.13. The summed E-state index contributed by atoms with van der Waals surface area (Å²) >= 11 is 0. The molecule has 98 valence electrons. The van der Waals surface area contributed by atoms with Crippen molar-refractivity contribution in [3.63, 3.8) is 0 Å². The monoisotopic (exact) mass is 263 g/mol. The van der Waals surface area contributed by atoms with Gasteiger partial charge in [-0.3, -0.25) is 4.90 Å². The molecule has 0 saturated carbocycles. The Morgan fingerprint density at radius 3 is 2.70 bits per heavy atom. The van der Waals surface area contributed by atoms with Crippen LogP contribution >= 0.6 is 0 Å². The molecule has 0 atom stereocenters. The lowest BCUT2D eigenvalue weighted by atomic mass is 10.1. The Balaban J connectivity index is 1.77. The van der Waals surface area contributed by atoms with Crippen molar-refractivity contribution in [3.05, 3.63) is 60.2 Å². The molecule has 1 aromatic heterocycles. The van der Waals surface area contributed by atoms with Crippen LogP contribution in [0, 0.1) is 0 Å². The predicted octanol–water partition coefficient (Wildman–Crippen LogP) is 3.72. The van der Waals surface area contributed by atoms with Crippen LogP contribution in [0.5, 0.6) is 0 Å². The fourth-order valence-corrected chi connectivity index (χ4v) is 2.60. The Morgan fingerprint density at radius 1 is 1.00 bits per heavy atom. The van der Waals surface area contributed by atoms with E-state index in [2.05, 4.69) is 10.3 Å². The van der Waals surface area contributed by atoms with Gasteiger partial charge in [-0.05, 0) is 23.8 Å². The largest absolute Gasteiger partial charge is 0.341 e. The number of aromatic amines is 1. The number of anilines is 2. The van der Waals surface area contributed by atoms with Gasteiger partial charge in [0.05, 0.1) is 6.54 Å². The van der Waals surface area contributed by atoms with Crippen LogP contribution in [0.3, 0.4) is 0 Å². The summed E-state index contributed by atoms with van der Waals surface area (Å²) in [5.74, 6) is 0.818. The smallest absolute Gasteiger partial charge is 0.327 e. The maximum atomic E-state index is 12.2. The zero-order chi connectivity index (χ0) is 13.5. The summed E-state index contributed by atoms with van der Waals surface area (Å²) in [4.78, 5) is 17.2. The molecule has 0 aliphatic carbocycles. The summed E-state index contributed by atoms with van der Waals surface area (Å²) in [7, 11) is 0. The molecule has 4 heteroatoms. The summed E-state index contributed by atoms with van der Waals surface area (Å²) in [5, 5.41) is 4.03. The predicted molar refractivity (Wildman–Crippen MR) is 79.9 cm³/mol. The molecule has 1 aliphatic heterocycles. The van der Waals surface area contributed by atoms with E-state index in [0.29, 0.717) is 6.54 Å². The van der Waals surface area contributed by atoms with Crippen LogP contribution in [0.1, 0.15) is 5.56 Å². The van der Waals surface area contributed by atoms with E-state index in [4.69, 9.17) is 0 Å². The number of nitrogens with zero attached hydrogens (tertiary/aromatic N) is 1. The number of urea groups is 1. The van der Waals surface area contributed by atoms with Crippen LogP contribution in [0.2, 0.25) is 0 Å². The number of benzene rings is 2. The van der Waals surface area contributed by atoms with E-state index in [1.807, 2.05) is 54.6 Å². The van der Waals surface area contributed by atoms with Gasteiger partial charge < -0.3 is 10.3 Å². The van der Waals surface area contributed by atoms with Gasteiger partial charge in [0.25, 0.3) is 0 Å². The Bertz CT molecular complexity index is 773. The van der Waals surface area contributed by atoms with Crippen LogP contribution < -0.4 is 10.2 Å². The number of nitrogens with one attached hydrogen (secondary N) is 2. The van der Waals surface area contributed by atoms with Crippen LogP contribution in [0.25, 0.3) is 10.9 Å². The Kier molecular flexibility index (Phi) is 2.29. The molecule has 2 amide bonds. The van der Waals surface area contributed by atoms with Gasteiger partial charge in [0.15, 0.2) is 0 Å². The Morgan fingerprint density at radius 2 is 1.80 bits per heavy atom. The number of hydrogen-bond acceptors (Lipinski definition) is 1. The molecule has 0 bridgehead atoms. The molecule has 20 heavy (non-hydrogen) atoms. The lowest BCUT2D eigenvalue weighted by Crippen LogP contribution is -2.38. The number of carbonyl (C=O) groups excluding carboxylic acids is 1. The molecule has 0 saturated heterocycles. The minimum absolute atomic E-state index is 0.102. The lowest BCUT2D eigenvalue weighted by molar-refractivity contribution is 0.256. The first-order valence-corrected chi connectivity index (χ1v) is 6.55. The lowest BCUT2D eigenvalue weighted by Gasteiger charge is -2.28. The van der Waals surface area contributed by atoms with Crippen LogP contribution in [0.15, 0.2) is 54.6 Å². The zero-order valence-electron chi connectivity index (χ0n) is 10.8. The molecule has 0 unspecified atom stereocenters. The number of aromatic nitrogens is 1. The van der Waals surface area contributed by atoms with Crippen molar-refractivity contribution in [2.45, 2.75) is 6.54 Å². The maximum Gasteiger partial charge on any atom is 0.327 e. The van der Waals surface area contributed by atoms with Gasteiger partial charge in [0.1, 0.15) is 5.82 Å². The van der Waals surface area contributed by atoms with Gasteiger partial charge in [-0.25, -0.2) is 4.79 Å². The number of para-hydroxylation sites is 2. The van der Waals surface area contributed by atoms with Crippen molar-refractivity contribution in [2.24, 2.45) is 0 Å². The highest BCUT2D eigenvalue weighted by Crippen LogP contribution is 2.28. The van der Waals surface area contributed by atoms with E-state index in [1.165, 1.54) is 0 Å². The van der Waals surface area contributed by atoms with E-state index in [0.717, 1.165) is 28.0 Å². The standard InChI is InChI=1S/C16H13N3O/c20-16-18-14-8-4-2-6-12(14)10-19(16)15-9-11-5-1-3-7-13(11)17-15/h1-9,17H,10H2,(H,18,20). The SMILES string of the molecule is O=C1Nc2ccccc2CN1c1cc2ccccc2[nH]1. The van der Waals surface area contributed by atoms with E-state index >= 15 is 0 Å². The first kappa shape index (κ1) is 11.1. The van der Waals surface area contributed by atoms with Gasteiger partial charge in [0, 0.05) is 16.6 Å². The zero-order valence-corrected chi connectivity index (χ0v) is 10.8. The third-order valence-corrected chi connectivity index (χ3v) is 3.64. The van der Waals surface area contributed by atoms with Crippen molar-refractivity contribution >= 4 is 28.4 Å². The molecule has 4 nitrogen and oxygen atoms in total. The number of hydrogen-bond donors (Lipinski definition) is 2. The molecule has 2 N–H and O–H groups in total. The summed E-state index contributed by atoms with van der Waals surface area (Å²) in [6, 6.07) is 17.8. The molecular weight excluding hydrogens is 250 g/mol. The molecule has 0 radical (unpaired) electrons. The summed E-state index contributed by atoms with van der Waals surface area (Å²) in [6.45, 7) is 0.578. The highest BCUT2D eigenvalue weighted by Gasteiger charge is 2.24. The minimum Gasteiger partial charge on any atom is -0.341 e. The maximum absolute atomic E-state index is 12.2. The highest BCUT2D eigenvalue weighted by atomic mass is 16.2. The van der Waals surface area contributed by atoms with Gasteiger partial charge >= 0.3 is 6.03 Å². The number of amides is 2. The topological polar surface area (TPSA) is 48.1 Å². The van der Waals surface area contributed by atoms with Gasteiger partial charge in [-0.15, -0.1) is 0 Å². The molecule has 0 spiro atoms. The molecule has 4 rings (SSSR count). The fourth-order valence-electron chi connectivity index (χ4n) is 2.60. The van der Waals surface area contributed by atoms with Crippen LogP contribution in [-0.2, 0) is 6.54 Å². The van der Waals surface area contributed by atoms with Crippen LogP contribution in [0.4, 0.5) is 16.3 Å².